The first-order chi connectivity index (χ1) is 8.37. The van der Waals surface area contributed by atoms with Gasteiger partial charge in [-0.3, -0.25) is 0 Å². The van der Waals surface area contributed by atoms with Crippen LogP contribution in [0.25, 0.3) is 0 Å². The summed E-state index contributed by atoms with van der Waals surface area (Å²) in [7, 11) is -3.42. The number of hydrogen-bond acceptors (Lipinski definition) is 4. The van der Waals surface area contributed by atoms with Crippen LogP contribution < -0.4 is 15.2 Å². The summed E-state index contributed by atoms with van der Waals surface area (Å²) in [5, 5.41) is 7.91. The molecule has 0 aliphatic carbocycles. The van der Waals surface area contributed by atoms with E-state index in [0.717, 1.165) is 11.4 Å². The molecule has 0 spiro atoms. The number of hydrogen-bond donors (Lipinski definition) is 2. The van der Waals surface area contributed by atoms with Gasteiger partial charge in [0, 0.05) is 18.3 Å². The fraction of sp³-hybridized carbons (Fsp3) is 0.500. The zero-order chi connectivity index (χ0) is 13.6. The van der Waals surface area contributed by atoms with E-state index in [-0.39, 0.29) is 12.3 Å². The first kappa shape index (κ1) is 14.8. The summed E-state index contributed by atoms with van der Waals surface area (Å²) >= 11 is 0. The third-order valence-corrected chi connectivity index (χ3v) is 2.91. The molecule has 102 valence electrons. The second-order valence-corrected chi connectivity index (χ2v) is 6.26. The van der Waals surface area contributed by atoms with E-state index in [0.29, 0.717) is 12.5 Å². The number of primary sulfonamides is 1. The molecule has 0 aliphatic rings. The van der Waals surface area contributed by atoms with E-state index in [4.69, 9.17) is 9.88 Å². The van der Waals surface area contributed by atoms with E-state index in [1.807, 2.05) is 24.3 Å². The average molecular weight is 272 g/mol. The minimum Gasteiger partial charge on any atom is -0.493 e. The van der Waals surface area contributed by atoms with Crippen LogP contribution in [0.5, 0.6) is 5.75 Å². The molecule has 0 heterocycles. The molecule has 0 bridgehead atoms. The highest BCUT2D eigenvalue weighted by atomic mass is 32.2. The quantitative estimate of drug-likeness (QED) is 0.786. The largest absolute Gasteiger partial charge is 0.493 e. The van der Waals surface area contributed by atoms with Gasteiger partial charge in [0.25, 0.3) is 0 Å². The molecular formula is C12H20N2O3S. The number of benzene rings is 1. The zero-order valence-corrected chi connectivity index (χ0v) is 11.5. The molecule has 1 aromatic carbocycles. The number of anilines is 1. The van der Waals surface area contributed by atoms with Crippen LogP contribution in [0.3, 0.4) is 0 Å². The molecule has 0 amide bonds. The van der Waals surface area contributed by atoms with Crippen LogP contribution in [0.1, 0.15) is 13.8 Å². The summed E-state index contributed by atoms with van der Waals surface area (Å²) in [6, 6.07) is 7.42. The minimum atomic E-state index is -3.42. The topological polar surface area (TPSA) is 81.4 Å². The molecule has 0 aliphatic heterocycles. The molecule has 0 radical (unpaired) electrons. The lowest BCUT2D eigenvalue weighted by Crippen LogP contribution is -2.22. The Balaban J connectivity index is 2.49. The Kier molecular flexibility index (Phi) is 5.43. The normalized spacial score (nSPS) is 11.6. The highest BCUT2D eigenvalue weighted by molar-refractivity contribution is 7.89. The van der Waals surface area contributed by atoms with Crippen molar-refractivity contribution in [1.29, 1.82) is 0 Å². The minimum absolute atomic E-state index is 0.0932. The van der Waals surface area contributed by atoms with Gasteiger partial charge in [-0.25, -0.2) is 13.6 Å². The maximum Gasteiger partial charge on any atom is 0.210 e. The average Bonchev–Trinajstić information content (AvgIpc) is 2.25. The Bertz CT molecular complexity index is 472. The molecule has 18 heavy (non-hydrogen) atoms. The van der Waals surface area contributed by atoms with Gasteiger partial charge in [0.15, 0.2) is 0 Å². The Morgan fingerprint density at radius 2 is 2.11 bits per heavy atom. The van der Waals surface area contributed by atoms with Crippen molar-refractivity contribution in [3.05, 3.63) is 24.3 Å². The van der Waals surface area contributed by atoms with Crippen molar-refractivity contribution in [3.63, 3.8) is 0 Å². The highest BCUT2D eigenvalue weighted by Gasteiger charge is 2.02. The van der Waals surface area contributed by atoms with E-state index in [2.05, 4.69) is 19.2 Å². The van der Waals surface area contributed by atoms with E-state index < -0.39 is 10.0 Å². The lowest BCUT2D eigenvalue weighted by Gasteiger charge is -2.11. The van der Waals surface area contributed by atoms with Gasteiger partial charge in [-0.2, -0.15) is 0 Å². The Morgan fingerprint density at radius 1 is 1.39 bits per heavy atom. The molecule has 1 aromatic rings. The van der Waals surface area contributed by atoms with Crippen LogP contribution in [0.15, 0.2) is 24.3 Å². The molecule has 0 atom stereocenters. The summed E-state index contributed by atoms with van der Waals surface area (Å²) in [4.78, 5) is 0. The third-order valence-electron chi connectivity index (χ3n) is 2.13. The Hall–Kier alpha value is -1.27. The third kappa shape index (κ3) is 6.46. The fourth-order valence-corrected chi connectivity index (χ4v) is 1.68. The predicted molar refractivity (Wildman–Crippen MR) is 73.2 cm³/mol. The number of rotatable bonds is 7. The molecule has 0 fully saturated rings. The monoisotopic (exact) mass is 272 g/mol. The van der Waals surface area contributed by atoms with Crippen molar-refractivity contribution >= 4 is 15.7 Å². The number of nitrogens with one attached hydrogen (secondary N) is 1. The van der Waals surface area contributed by atoms with Crippen LogP contribution >= 0.6 is 0 Å². The maximum atomic E-state index is 10.8. The first-order valence-corrected chi connectivity index (χ1v) is 7.55. The van der Waals surface area contributed by atoms with Gasteiger partial charge in [-0.1, -0.05) is 19.9 Å². The molecule has 0 aromatic heterocycles. The summed E-state index contributed by atoms with van der Waals surface area (Å²) in [6.07, 6.45) is 0. The van der Waals surface area contributed by atoms with Gasteiger partial charge >= 0.3 is 0 Å². The molecule has 1 rings (SSSR count). The summed E-state index contributed by atoms with van der Waals surface area (Å²) in [5.41, 5.74) is 0.819. The predicted octanol–water partition coefficient (Wildman–Crippen LogP) is 1.42. The Morgan fingerprint density at radius 3 is 2.72 bits per heavy atom. The first-order valence-electron chi connectivity index (χ1n) is 5.84. The standard InChI is InChI=1S/C12H20N2O3S/c1-10(2)9-17-12-5-3-4-11(8-12)14-6-7-18(13,15)16/h3-5,8,10,14H,6-7,9H2,1-2H3,(H2,13,15,16). The van der Waals surface area contributed by atoms with E-state index in [1.165, 1.54) is 0 Å². The second-order valence-electron chi connectivity index (χ2n) is 4.53. The molecule has 6 heteroatoms. The van der Waals surface area contributed by atoms with Gasteiger partial charge in [0.2, 0.25) is 10.0 Å². The van der Waals surface area contributed by atoms with Crippen molar-refractivity contribution in [1.82, 2.24) is 0 Å². The summed E-state index contributed by atoms with van der Waals surface area (Å²) in [6.45, 7) is 5.09. The lowest BCUT2D eigenvalue weighted by atomic mass is 10.2. The molecule has 0 saturated carbocycles. The van der Waals surface area contributed by atoms with Crippen LogP contribution in [-0.2, 0) is 10.0 Å². The van der Waals surface area contributed by atoms with Crippen molar-refractivity contribution in [3.8, 4) is 5.75 Å². The van der Waals surface area contributed by atoms with E-state index in [9.17, 15) is 8.42 Å². The zero-order valence-electron chi connectivity index (χ0n) is 10.7. The molecule has 5 nitrogen and oxygen atoms in total. The SMILES string of the molecule is CC(C)COc1cccc(NCCS(N)(=O)=O)c1. The van der Waals surface area contributed by atoms with Crippen LogP contribution in [-0.4, -0.2) is 27.3 Å². The van der Waals surface area contributed by atoms with Crippen LogP contribution in [0, 0.1) is 5.92 Å². The molecule has 3 N–H and O–H groups in total. The van der Waals surface area contributed by atoms with Crippen molar-refractivity contribution in [2.24, 2.45) is 11.1 Å². The lowest BCUT2D eigenvalue weighted by molar-refractivity contribution is 0.271. The van der Waals surface area contributed by atoms with E-state index >= 15 is 0 Å². The van der Waals surface area contributed by atoms with Crippen molar-refractivity contribution in [2.75, 3.05) is 24.2 Å². The molecular weight excluding hydrogens is 252 g/mol. The fourth-order valence-electron chi connectivity index (χ4n) is 1.30. The van der Waals surface area contributed by atoms with Gasteiger partial charge < -0.3 is 10.1 Å². The number of ether oxygens (including phenoxy) is 1. The maximum absolute atomic E-state index is 10.8. The van der Waals surface area contributed by atoms with Gasteiger partial charge in [0.05, 0.1) is 12.4 Å². The second kappa shape index (κ2) is 6.61. The van der Waals surface area contributed by atoms with Gasteiger partial charge in [-0.15, -0.1) is 0 Å². The summed E-state index contributed by atoms with van der Waals surface area (Å²) in [5.74, 6) is 1.14. The van der Waals surface area contributed by atoms with Gasteiger partial charge in [-0.05, 0) is 18.1 Å². The van der Waals surface area contributed by atoms with Gasteiger partial charge in [0.1, 0.15) is 5.75 Å². The smallest absolute Gasteiger partial charge is 0.210 e. The molecule has 0 saturated heterocycles. The highest BCUT2D eigenvalue weighted by Crippen LogP contribution is 2.17. The van der Waals surface area contributed by atoms with Crippen molar-refractivity contribution < 1.29 is 13.2 Å². The van der Waals surface area contributed by atoms with Crippen LogP contribution in [0.4, 0.5) is 5.69 Å². The Labute approximate surface area is 108 Å². The number of nitrogens with two attached hydrogens (primary N) is 1. The molecule has 0 unspecified atom stereocenters. The van der Waals surface area contributed by atoms with E-state index in [1.54, 1.807) is 0 Å². The van der Waals surface area contributed by atoms with Crippen molar-refractivity contribution in [2.45, 2.75) is 13.8 Å². The number of sulfonamides is 1. The summed E-state index contributed by atoms with van der Waals surface area (Å²) < 4.78 is 27.1. The van der Waals surface area contributed by atoms with Crippen LogP contribution in [0.2, 0.25) is 0 Å².